The molecule has 0 saturated heterocycles. The Morgan fingerprint density at radius 2 is 1.88 bits per heavy atom. The van der Waals surface area contributed by atoms with Gasteiger partial charge in [-0.05, 0) is 32.0 Å². The summed E-state index contributed by atoms with van der Waals surface area (Å²) in [7, 11) is -3.32. The molecule has 16 heavy (non-hydrogen) atoms. The van der Waals surface area contributed by atoms with Crippen molar-refractivity contribution >= 4 is 30.2 Å². The van der Waals surface area contributed by atoms with Crippen molar-refractivity contribution in [1.29, 1.82) is 0 Å². The summed E-state index contributed by atoms with van der Waals surface area (Å²) in [5.41, 5.74) is 6.07. The molecule has 0 saturated carbocycles. The zero-order chi connectivity index (χ0) is 12.2. The lowest BCUT2D eigenvalue weighted by molar-refractivity contribution is 0.230. The second-order valence-corrected chi connectivity index (χ2v) is 5.44. The molecular weight excluding hydrogens is 249 g/mol. The maximum Gasteiger partial charge on any atom is 0.362 e. The van der Waals surface area contributed by atoms with Gasteiger partial charge in [0.05, 0.1) is 23.5 Å². The molecule has 0 aromatic heterocycles. The molecular formula is C10H15ClNO3P. The van der Waals surface area contributed by atoms with E-state index in [0.29, 0.717) is 16.0 Å². The third-order valence-electron chi connectivity index (χ3n) is 1.86. The minimum Gasteiger partial charge on any atom is -0.399 e. The van der Waals surface area contributed by atoms with Gasteiger partial charge in [-0.2, -0.15) is 0 Å². The van der Waals surface area contributed by atoms with Crippen LogP contribution in [-0.2, 0) is 13.6 Å². The van der Waals surface area contributed by atoms with Crippen LogP contribution in [0.25, 0.3) is 0 Å². The first-order chi connectivity index (χ1) is 7.53. The van der Waals surface area contributed by atoms with Crippen molar-refractivity contribution in [3.63, 3.8) is 0 Å². The third-order valence-corrected chi connectivity index (χ3v) is 4.49. The van der Waals surface area contributed by atoms with E-state index < -0.39 is 7.60 Å². The summed E-state index contributed by atoms with van der Waals surface area (Å²) in [5, 5.41) is 0.650. The first kappa shape index (κ1) is 13.5. The topological polar surface area (TPSA) is 61.5 Å². The lowest BCUT2D eigenvalue weighted by atomic mass is 10.3. The normalized spacial score (nSPS) is 11.7. The van der Waals surface area contributed by atoms with Gasteiger partial charge in [-0.3, -0.25) is 4.57 Å². The van der Waals surface area contributed by atoms with E-state index in [1.807, 2.05) is 0 Å². The molecule has 0 radical (unpaired) electrons. The summed E-state index contributed by atoms with van der Waals surface area (Å²) in [6, 6.07) is 4.72. The molecule has 1 rings (SSSR count). The molecule has 0 atom stereocenters. The van der Waals surface area contributed by atoms with Gasteiger partial charge in [-0.25, -0.2) is 0 Å². The second kappa shape index (κ2) is 5.69. The van der Waals surface area contributed by atoms with Crippen LogP contribution in [0.5, 0.6) is 0 Å². The lowest BCUT2D eigenvalue weighted by Gasteiger charge is -2.18. The van der Waals surface area contributed by atoms with Gasteiger partial charge >= 0.3 is 7.60 Å². The van der Waals surface area contributed by atoms with Crippen LogP contribution in [0.2, 0.25) is 5.02 Å². The predicted octanol–water partition coefficient (Wildman–Crippen LogP) is 2.81. The van der Waals surface area contributed by atoms with Crippen LogP contribution in [0.15, 0.2) is 18.2 Å². The maximum absolute atomic E-state index is 12.4. The van der Waals surface area contributed by atoms with Crippen LogP contribution in [0.1, 0.15) is 13.8 Å². The molecule has 0 spiro atoms. The number of hydrogen-bond donors (Lipinski definition) is 1. The van der Waals surface area contributed by atoms with Gasteiger partial charge in [0, 0.05) is 5.69 Å². The molecule has 0 heterocycles. The monoisotopic (exact) mass is 263 g/mol. The van der Waals surface area contributed by atoms with Crippen molar-refractivity contribution in [3.8, 4) is 0 Å². The number of anilines is 1. The molecule has 0 fully saturated rings. The summed E-state index contributed by atoms with van der Waals surface area (Å²) in [5.74, 6) is 0. The van der Waals surface area contributed by atoms with E-state index in [9.17, 15) is 4.57 Å². The van der Waals surface area contributed by atoms with Gasteiger partial charge in [0.1, 0.15) is 0 Å². The molecule has 0 amide bonds. The van der Waals surface area contributed by atoms with Crippen molar-refractivity contribution in [2.45, 2.75) is 13.8 Å². The van der Waals surface area contributed by atoms with Gasteiger partial charge in [0.25, 0.3) is 0 Å². The molecule has 0 bridgehead atoms. The van der Waals surface area contributed by atoms with E-state index in [-0.39, 0.29) is 13.2 Å². The summed E-state index contributed by atoms with van der Waals surface area (Å²) in [6.45, 7) is 4.07. The fourth-order valence-corrected chi connectivity index (χ4v) is 3.38. The van der Waals surface area contributed by atoms with Gasteiger partial charge in [0.2, 0.25) is 0 Å². The van der Waals surface area contributed by atoms with Crippen LogP contribution in [0.4, 0.5) is 5.69 Å². The van der Waals surface area contributed by atoms with Gasteiger partial charge < -0.3 is 14.8 Å². The van der Waals surface area contributed by atoms with Crippen molar-refractivity contribution in [2.75, 3.05) is 18.9 Å². The minimum atomic E-state index is -3.32. The number of nitrogens with two attached hydrogens (primary N) is 1. The highest BCUT2D eigenvalue weighted by molar-refractivity contribution is 7.62. The Balaban J connectivity index is 3.15. The smallest absolute Gasteiger partial charge is 0.362 e. The number of hydrogen-bond acceptors (Lipinski definition) is 4. The first-order valence-corrected chi connectivity index (χ1v) is 6.90. The molecule has 0 aliphatic rings. The third kappa shape index (κ3) is 2.98. The lowest BCUT2D eigenvalue weighted by Crippen LogP contribution is -2.12. The Bertz CT molecular complexity index is 401. The molecule has 0 unspecified atom stereocenters. The van der Waals surface area contributed by atoms with Crippen LogP contribution < -0.4 is 11.0 Å². The van der Waals surface area contributed by atoms with Crippen molar-refractivity contribution in [1.82, 2.24) is 0 Å². The summed E-state index contributed by atoms with van der Waals surface area (Å²) >= 11 is 5.97. The second-order valence-electron chi connectivity index (χ2n) is 3.04. The fraction of sp³-hybridized carbons (Fsp3) is 0.400. The highest BCUT2D eigenvalue weighted by Crippen LogP contribution is 2.48. The van der Waals surface area contributed by atoms with E-state index in [2.05, 4.69) is 0 Å². The summed E-state index contributed by atoms with van der Waals surface area (Å²) in [6.07, 6.45) is 0. The fourth-order valence-electron chi connectivity index (χ4n) is 1.26. The molecule has 1 aromatic rings. The Kier molecular flexibility index (Phi) is 4.81. The molecule has 0 aliphatic heterocycles. The standard InChI is InChI=1S/C10H15ClNO3P/c1-3-14-16(13,15-4-2)10-6-5-8(12)7-9(10)11/h5-7H,3-4,12H2,1-2H3. The van der Waals surface area contributed by atoms with E-state index in [0.717, 1.165) is 0 Å². The first-order valence-electron chi connectivity index (χ1n) is 4.98. The van der Waals surface area contributed by atoms with Crippen LogP contribution >= 0.6 is 19.2 Å². The zero-order valence-electron chi connectivity index (χ0n) is 9.27. The number of halogens is 1. The molecule has 2 N–H and O–H groups in total. The van der Waals surface area contributed by atoms with Gasteiger partial charge in [-0.15, -0.1) is 0 Å². The largest absolute Gasteiger partial charge is 0.399 e. The SMILES string of the molecule is CCOP(=O)(OCC)c1ccc(N)cc1Cl. The van der Waals surface area contributed by atoms with Gasteiger partial charge in [-0.1, -0.05) is 11.6 Å². The van der Waals surface area contributed by atoms with Crippen molar-refractivity contribution in [3.05, 3.63) is 23.2 Å². The van der Waals surface area contributed by atoms with E-state index >= 15 is 0 Å². The average Bonchev–Trinajstić information content (AvgIpc) is 2.17. The molecule has 4 nitrogen and oxygen atoms in total. The van der Waals surface area contributed by atoms with Crippen molar-refractivity contribution < 1.29 is 13.6 Å². The van der Waals surface area contributed by atoms with E-state index in [1.54, 1.807) is 26.0 Å². The van der Waals surface area contributed by atoms with E-state index in [1.165, 1.54) is 6.07 Å². The Morgan fingerprint density at radius 3 is 2.31 bits per heavy atom. The van der Waals surface area contributed by atoms with Crippen LogP contribution in [0.3, 0.4) is 0 Å². The highest BCUT2D eigenvalue weighted by Gasteiger charge is 2.29. The number of nitrogen functional groups attached to an aromatic ring is 1. The molecule has 0 aliphatic carbocycles. The molecule has 90 valence electrons. The Morgan fingerprint density at radius 1 is 1.31 bits per heavy atom. The van der Waals surface area contributed by atoms with Crippen molar-refractivity contribution in [2.24, 2.45) is 0 Å². The zero-order valence-corrected chi connectivity index (χ0v) is 10.9. The Labute approximate surface area is 100 Å². The summed E-state index contributed by atoms with van der Waals surface area (Å²) < 4.78 is 22.7. The predicted molar refractivity (Wildman–Crippen MR) is 66.4 cm³/mol. The van der Waals surface area contributed by atoms with Gasteiger partial charge in [0.15, 0.2) is 0 Å². The molecule has 6 heteroatoms. The average molecular weight is 264 g/mol. The van der Waals surface area contributed by atoms with E-state index in [4.69, 9.17) is 26.4 Å². The van der Waals surface area contributed by atoms with Crippen LogP contribution in [0, 0.1) is 0 Å². The summed E-state index contributed by atoms with van der Waals surface area (Å²) in [4.78, 5) is 0. The maximum atomic E-state index is 12.4. The Hall–Kier alpha value is -0.540. The van der Waals surface area contributed by atoms with Crippen LogP contribution in [-0.4, -0.2) is 13.2 Å². The minimum absolute atomic E-state index is 0.290. The highest BCUT2D eigenvalue weighted by atomic mass is 35.5. The molecule has 1 aromatic carbocycles. The number of benzene rings is 1. The number of rotatable bonds is 5. The quantitative estimate of drug-likeness (QED) is 0.655.